The number of aromatic nitrogens is 2. The molecule has 1 aromatic heterocycles. The molecular formula is C32H35ClFN5O2S. The van der Waals surface area contributed by atoms with Crippen molar-refractivity contribution in [1.29, 1.82) is 0 Å². The molecule has 2 heterocycles. The van der Waals surface area contributed by atoms with Crippen LogP contribution in [0.2, 0.25) is 5.02 Å². The molecule has 0 fully saturated rings. The van der Waals surface area contributed by atoms with E-state index >= 15 is 0 Å². The zero-order valence-corrected chi connectivity index (χ0v) is 25.5. The van der Waals surface area contributed by atoms with Crippen molar-refractivity contribution in [3.05, 3.63) is 101 Å². The normalized spacial score (nSPS) is 16.3. The molecule has 7 nitrogen and oxygen atoms in total. The van der Waals surface area contributed by atoms with Crippen molar-refractivity contribution < 1.29 is 13.9 Å². The quantitative estimate of drug-likeness (QED) is 0.210. The molecule has 220 valence electrons. The number of benzene rings is 2. The minimum Gasteiger partial charge on any atom is -0.373 e. The molecule has 2 aliphatic rings. The van der Waals surface area contributed by atoms with E-state index in [1.165, 1.54) is 23.9 Å². The van der Waals surface area contributed by atoms with Gasteiger partial charge in [0.05, 0.1) is 37.1 Å². The van der Waals surface area contributed by atoms with Gasteiger partial charge in [-0.25, -0.2) is 4.39 Å². The fourth-order valence-corrected chi connectivity index (χ4v) is 6.09. The second kappa shape index (κ2) is 14.3. The molecule has 2 aromatic carbocycles. The van der Waals surface area contributed by atoms with Crippen LogP contribution >= 0.6 is 23.4 Å². The molecule has 42 heavy (non-hydrogen) atoms. The molecule has 10 heteroatoms. The van der Waals surface area contributed by atoms with Crippen molar-refractivity contribution in [3.8, 4) is 11.3 Å². The number of hydrogen-bond acceptors (Lipinski definition) is 6. The summed E-state index contributed by atoms with van der Waals surface area (Å²) in [6, 6.07) is 16.2. The van der Waals surface area contributed by atoms with Crippen LogP contribution in [0.15, 0.2) is 83.5 Å². The predicted octanol–water partition coefficient (Wildman–Crippen LogP) is 6.40. The highest BCUT2D eigenvalue weighted by molar-refractivity contribution is 8.13. The van der Waals surface area contributed by atoms with Crippen molar-refractivity contribution >= 4 is 34.4 Å². The van der Waals surface area contributed by atoms with Crippen LogP contribution in [0.3, 0.4) is 0 Å². The lowest BCUT2D eigenvalue weighted by Gasteiger charge is -2.32. The topological polar surface area (TPSA) is 63.0 Å². The van der Waals surface area contributed by atoms with Gasteiger partial charge in [-0.2, -0.15) is 10.1 Å². The number of ether oxygens (including phenoxy) is 1. The van der Waals surface area contributed by atoms with E-state index in [2.05, 4.69) is 34.7 Å². The third-order valence-electron chi connectivity index (χ3n) is 7.42. The molecule has 1 aliphatic carbocycles. The summed E-state index contributed by atoms with van der Waals surface area (Å²) < 4.78 is 21.6. The fourth-order valence-electron chi connectivity index (χ4n) is 4.97. The first-order valence-corrected chi connectivity index (χ1v) is 15.6. The number of thioether (sulfide) groups is 1. The maximum Gasteiger partial charge on any atom is 0.261 e. The molecule has 3 aromatic rings. The summed E-state index contributed by atoms with van der Waals surface area (Å²) in [6.45, 7) is 9.36. The first-order chi connectivity index (χ1) is 20.4. The first-order valence-electron chi connectivity index (χ1n) is 14.2. The second-order valence-corrected chi connectivity index (χ2v) is 11.5. The number of carbonyl (C=O) groups is 1. The Morgan fingerprint density at radius 2 is 1.83 bits per heavy atom. The molecule has 0 bridgehead atoms. The van der Waals surface area contributed by atoms with Crippen molar-refractivity contribution in [2.75, 3.05) is 32.8 Å². The Morgan fingerprint density at radius 3 is 2.57 bits per heavy atom. The molecule has 0 saturated heterocycles. The van der Waals surface area contributed by atoms with E-state index in [-0.39, 0.29) is 17.6 Å². The lowest BCUT2D eigenvalue weighted by Crippen LogP contribution is -2.39. The van der Waals surface area contributed by atoms with Crippen molar-refractivity contribution in [2.45, 2.75) is 32.8 Å². The maximum atomic E-state index is 13.4. The maximum absolute atomic E-state index is 13.4. The lowest BCUT2D eigenvalue weighted by molar-refractivity contribution is -0.120. The van der Waals surface area contributed by atoms with Crippen LogP contribution in [0.4, 0.5) is 4.39 Å². The Bertz CT molecular complexity index is 1470. The summed E-state index contributed by atoms with van der Waals surface area (Å²) in [5.74, 6) is -0.217. The van der Waals surface area contributed by atoms with Gasteiger partial charge in [0.15, 0.2) is 5.17 Å². The van der Waals surface area contributed by atoms with E-state index in [4.69, 9.17) is 21.4 Å². The number of nitrogens with zero attached hydrogens (tertiary/aromatic N) is 5. The predicted molar refractivity (Wildman–Crippen MR) is 168 cm³/mol. The molecular weight excluding hydrogens is 573 g/mol. The van der Waals surface area contributed by atoms with Gasteiger partial charge in [0, 0.05) is 35.1 Å². The Balaban J connectivity index is 1.25. The van der Waals surface area contributed by atoms with Crippen LogP contribution in [-0.4, -0.2) is 63.4 Å². The van der Waals surface area contributed by atoms with Crippen molar-refractivity contribution in [2.24, 2.45) is 10.9 Å². The largest absolute Gasteiger partial charge is 0.373 e. The first kappa shape index (κ1) is 30.2. The van der Waals surface area contributed by atoms with E-state index in [1.807, 2.05) is 47.2 Å². The zero-order chi connectivity index (χ0) is 29.5. The molecule has 0 spiro atoms. The fraction of sp³-hybridized carbons (Fsp3) is 0.344. The molecule has 1 unspecified atom stereocenters. The van der Waals surface area contributed by atoms with Gasteiger partial charge in [0.25, 0.3) is 5.91 Å². The highest BCUT2D eigenvalue weighted by Crippen LogP contribution is 2.32. The summed E-state index contributed by atoms with van der Waals surface area (Å²) >= 11 is 7.57. The zero-order valence-electron chi connectivity index (χ0n) is 23.9. The number of rotatable bonds is 13. The number of halogens is 2. The minimum atomic E-state index is -0.358. The van der Waals surface area contributed by atoms with Gasteiger partial charge >= 0.3 is 0 Å². The average Bonchev–Trinajstić information content (AvgIpc) is 3.65. The Hall–Kier alpha value is -3.24. The third kappa shape index (κ3) is 7.39. The molecule has 5 rings (SSSR count). The number of allylic oxidation sites excluding steroid dienone is 2. The number of amides is 1. The summed E-state index contributed by atoms with van der Waals surface area (Å²) in [6.07, 6.45) is 5.75. The van der Waals surface area contributed by atoms with Gasteiger partial charge < -0.3 is 14.5 Å². The van der Waals surface area contributed by atoms with Gasteiger partial charge in [0.1, 0.15) is 5.82 Å². The number of carbonyl (C=O) groups excluding carboxylic acids is 1. The Morgan fingerprint density at radius 1 is 1.07 bits per heavy atom. The summed E-state index contributed by atoms with van der Waals surface area (Å²) in [5, 5.41) is 6.22. The summed E-state index contributed by atoms with van der Waals surface area (Å²) in [5.41, 5.74) is 4.76. The SMILES string of the molecule is CCN(CC)CCn1nc(-c2ccc(Cl)cc2)cc1COCCN1C2=CC=CC2C(=O)N=C1SCc1ccc(F)cc1. The van der Waals surface area contributed by atoms with E-state index in [0.29, 0.717) is 35.7 Å². The van der Waals surface area contributed by atoms with Gasteiger partial charge in [-0.05, 0) is 55.1 Å². The summed E-state index contributed by atoms with van der Waals surface area (Å²) in [7, 11) is 0. The molecule has 1 atom stereocenters. The third-order valence-corrected chi connectivity index (χ3v) is 8.72. The lowest BCUT2D eigenvalue weighted by atomic mass is 10.1. The van der Waals surface area contributed by atoms with Crippen LogP contribution in [0.25, 0.3) is 11.3 Å². The molecule has 1 aliphatic heterocycles. The van der Waals surface area contributed by atoms with Crippen molar-refractivity contribution in [1.82, 2.24) is 19.6 Å². The molecule has 1 amide bonds. The number of fused-ring (bicyclic) bond motifs is 1. The number of hydrogen-bond donors (Lipinski definition) is 0. The van der Waals surface area contributed by atoms with Gasteiger partial charge in [0.2, 0.25) is 0 Å². The summed E-state index contributed by atoms with van der Waals surface area (Å²) in [4.78, 5) is 21.6. The highest BCUT2D eigenvalue weighted by Gasteiger charge is 2.34. The van der Waals surface area contributed by atoms with E-state index < -0.39 is 0 Å². The Labute approximate surface area is 255 Å². The second-order valence-electron chi connectivity index (χ2n) is 10.1. The number of amidine groups is 1. The monoisotopic (exact) mass is 607 g/mol. The van der Waals surface area contributed by atoms with Crippen LogP contribution in [0.5, 0.6) is 0 Å². The van der Waals surface area contributed by atoms with Gasteiger partial charge in [-0.15, -0.1) is 0 Å². The van der Waals surface area contributed by atoms with E-state index in [1.54, 1.807) is 12.1 Å². The molecule has 0 radical (unpaired) electrons. The van der Waals surface area contributed by atoms with Crippen molar-refractivity contribution in [3.63, 3.8) is 0 Å². The van der Waals surface area contributed by atoms with Crippen LogP contribution < -0.4 is 0 Å². The molecule has 0 saturated carbocycles. The highest BCUT2D eigenvalue weighted by atomic mass is 35.5. The van der Waals surface area contributed by atoms with E-state index in [9.17, 15) is 9.18 Å². The van der Waals surface area contributed by atoms with Gasteiger partial charge in [-0.1, -0.05) is 73.6 Å². The van der Waals surface area contributed by atoms with Crippen LogP contribution in [0, 0.1) is 11.7 Å². The minimum absolute atomic E-state index is 0.166. The Kier molecular flexibility index (Phi) is 10.3. The van der Waals surface area contributed by atoms with Crippen LogP contribution in [-0.2, 0) is 28.4 Å². The number of aliphatic imine (C=N–C) groups is 1. The van der Waals surface area contributed by atoms with Gasteiger partial charge in [-0.3, -0.25) is 9.48 Å². The smallest absolute Gasteiger partial charge is 0.261 e. The van der Waals surface area contributed by atoms with E-state index in [0.717, 1.165) is 54.4 Å². The number of likely N-dealkylation sites (N-methyl/N-ethyl adjacent to an activating group) is 1. The molecule has 0 N–H and O–H groups in total. The standard InChI is InChI=1S/C32H35ClFN5O2S/c1-3-37(4-2)16-17-39-27(20-29(36-39)24-10-12-25(33)13-11-24)21-41-19-18-38-30-7-5-6-28(30)31(40)35-32(38)42-22-23-8-14-26(34)15-9-23/h5-15,20,28H,3-4,16-19,21-22H2,1-2H3. The average molecular weight is 608 g/mol. The van der Waals surface area contributed by atoms with Crippen LogP contribution in [0.1, 0.15) is 25.1 Å².